The van der Waals surface area contributed by atoms with Crippen molar-refractivity contribution < 1.29 is 0 Å². The lowest BCUT2D eigenvalue weighted by atomic mass is 10.1. The predicted octanol–water partition coefficient (Wildman–Crippen LogP) is 3.57. The Morgan fingerprint density at radius 3 is 2.79 bits per heavy atom. The topological polar surface area (TPSA) is 26.0 Å². The molecule has 0 atom stereocenters. The minimum absolute atomic E-state index is 0.691. The normalized spacial score (nSPS) is 10.4. The molecule has 1 heterocycles. The van der Waals surface area contributed by atoms with Gasteiger partial charge < -0.3 is 5.73 Å². The predicted molar refractivity (Wildman–Crippen MR) is 63.0 cm³/mol. The molecule has 0 bridgehead atoms. The van der Waals surface area contributed by atoms with Crippen LogP contribution in [0.4, 0.5) is 5.69 Å². The molecule has 0 aliphatic carbocycles. The Labute approximate surface area is 92.1 Å². The molecule has 14 heavy (non-hydrogen) atoms. The minimum Gasteiger partial charge on any atom is -0.398 e. The van der Waals surface area contributed by atoms with E-state index in [9.17, 15) is 0 Å². The monoisotopic (exact) mass is 223 g/mol. The van der Waals surface area contributed by atoms with Gasteiger partial charge in [-0.2, -0.15) is 11.3 Å². The molecule has 1 aromatic heterocycles. The van der Waals surface area contributed by atoms with Crippen LogP contribution in [0.5, 0.6) is 0 Å². The van der Waals surface area contributed by atoms with Gasteiger partial charge in [0.05, 0.1) is 0 Å². The van der Waals surface area contributed by atoms with Gasteiger partial charge in [0.25, 0.3) is 0 Å². The number of nitrogens with two attached hydrogens (primary N) is 1. The van der Waals surface area contributed by atoms with Crippen LogP contribution in [0.1, 0.15) is 11.1 Å². The first-order valence-corrected chi connectivity index (χ1v) is 5.63. The molecule has 0 amide bonds. The molecule has 0 radical (unpaired) electrons. The molecular formula is C11H10ClNS. The van der Waals surface area contributed by atoms with Crippen LogP contribution in [0.15, 0.2) is 35.0 Å². The number of thiophene rings is 1. The van der Waals surface area contributed by atoms with Gasteiger partial charge in [0.15, 0.2) is 0 Å². The molecule has 2 aromatic rings. The van der Waals surface area contributed by atoms with Crippen molar-refractivity contribution in [3.8, 4) is 0 Å². The van der Waals surface area contributed by atoms with Crippen LogP contribution < -0.4 is 5.73 Å². The third-order valence-electron chi connectivity index (χ3n) is 2.08. The van der Waals surface area contributed by atoms with Crippen LogP contribution in [0, 0.1) is 0 Å². The highest BCUT2D eigenvalue weighted by atomic mass is 35.5. The SMILES string of the molecule is Nc1cc(Cl)ccc1Cc1ccsc1. The average Bonchev–Trinajstić information content (AvgIpc) is 2.62. The van der Waals surface area contributed by atoms with Gasteiger partial charge in [-0.05, 0) is 40.1 Å². The van der Waals surface area contributed by atoms with Crippen LogP contribution in [0.25, 0.3) is 0 Å². The van der Waals surface area contributed by atoms with Crippen molar-refractivity contribution in [2.24, 2.45) is 0 Å². The van der Waals surface area contributed by atoms with Gasteiger partial charge in [-0.15, -0.1) is 0 Å². The molecule has 3 heteroatoms. The number of rotatable bonds is 2. The molecule has 2 N–H and O–H groups in total. The molecule has 2 rings (SSSR count). The van der Waals surface area contributed by atoms with Crippen molar-refractivity contribution >= 4 is 28.6 Å². The zero-order chi connectivity index (χ0) is 9.97. The van der Waals surface area contributed by atoms with Gasteiger partial charge in [-0.3, -0.25) is 0 Å². The van der Waals surface area contributed by atoms with Gasteiger partial charge in [0.1, 0.15) is 0 Å². The second-order valence-electron chi connectivity index (χ2n) is 3.15. The van der Waals surface area contributed by atoms with E-state index < -0.39 is 0 Å². The molecule has 1 nitrogen and oxygen atoms in total. The number of hydrogen-bond acceptors (Lipinski definition) is 2. The van der Waals surface area contributed by atoms with E-state index in [-0.39, 0.29) is 0 Å². The quantitative estimate of drug-likeness (QED) is 0.774. The van der Waals surface area contributed by atoms with E-state index in [2.05, 4.69) is 16.8 Å². The Hall–Kier alpha value is -0.990. The van der Waals surface area contributed by atoms with Gasteiger partial charge in [-0.1, -0.05) is 17.7 Å². The second kappa shape index (κ2) is 4.03. The number of halogens is 1. The summed E-state index contributed by atoms with van der Waals surface area (Å²) in [5.41, 5.74) is 9.05. The van der Waals surface area contributed by atoms with E-state index in [0.29, 0.717) is 5.02 Å². The molecule has 0 aliphatic heterocycles. The number of hydrogen-bond donors (Lipinski definition) is 1. The summed E-state index contributed by atoms with van der Waals surface area (Å²) in [5.74, 6) is 0. The number of nitrogen functional groups attached to an aromatic ring is 1. The largest absolute Gasteiger partial charge is 0.398 e. The average molecular weight is 224 g/mol. The first-order chi connectivity index (χ1) is 6.75. The maximum absolute atomic E-state index is 5.86. The lowest BCUT2D eigenvalue weighted by Gasteiger charge is -2.04. The highest BCUT2D eigenvalue weighted by Gasteiger charge is 2.01. The van der Waals surface area contributed by atoms with Crippen molar-refractivity contribution in [3.63, 3.8) is 0 Å². The van der Waals surface area contributed by atoms with Crippen LogP contribution in [0.3, 0.4) is 0 Å². The van der Waals surface area contributed by atoms with Gasteiger partial charge in [-0.25, -0.2) is 0 Å². The maximum Gasteiger partial charge on any atom is 0.0426 e. The van der Waals surface area contributed by atoms with Gasteiger partial charge >= 0.3 is 0 Å². The zero-order valence-electron chi connectivity index (χ0n) is 7.53. The summed E-state index contributed by atoms with van der Waals surface area (Å²) in [6, 6.07) is 7.76. The molecule has 0 aliphatic rings. The summed E-state index contributed by atoms with van der Waals surface area (Å²) in [7, 11) is 0. The molecule has 1 aromatic carbocycles. The molecule has 0 saturated heterocycles. The van der Waals surface area contributed by atoms with Crippen molar-refractivity contribution in [2.45, 2.75) is 6.42 Å². The first kappa shape index (κ1) is 9.56. The molecule has 0 fully saturated rings. The summed E-state index contributed by atoms with van der Waals surface area (Å²) in [4.78, 5) is 0. The van der Waals surface area contributed by atoms with Crippen molar-refractivity contribution in [1.29, 1.82) is 0 Å². The zero-order valence-corrected chi connectivity index (χ0v) is 9.11. The maximum atomic E-state index is 5.86. The van der Waals surface area contributed by atoms with E-state index in [1.807, 2.05) is 12.1 Å². The standard InChI is InChI=1S/C11H10ClNS/c12-10-2-1-9(11(13)6-10)5-8-3-4-14-7-8/h1-4,6-7H,5,13H2. The molecule has 72 valence electrons. The van der Waals surface area contributed by atoms with Crippen molar-refractivity contribution in [3.05, 3.63) is 51.2 Å². The van der Waals surface area contributed by atoms with Gasteiger partial charge in [0.2, 0.25) is 0 Å². The summed E-state index contributed by atoms with van der Waals surface area (Å²) >= 11 is 7.52. The Kier molecular flexibility index (Phi) is 2.75. The van der Waals surface area contributed by atoms with E-state index in [4.69, 9.17) is 17.3 Å². The van der Waals surface area contributed by atoms with Crippen LogP contribution in [0.2, 0.25) is 5.02 Å². The summed E-state index contributed by atoms with van der Waals surface area (Å²) in [6.45, 7) is 0. The van der Waals surface area contributed by atoms with Crippen LogP contribution in [-0.2, 0) is 6.42 Å². The first-order valence-electron chi connectivity index (χ1n) is 4.30. The minimum atomic E-state index is 0.691. The van der Waals surface area contributed by atoms with Crippen molar-refractivity contribution in [1.82, 2.24) is 0 Å². The third-order valence-corrected chi connectivity index (χ3v) is 3.05. The fraction of sp³-hybridized carbons (Fsp3) is 0.0909. The van der Waals surface area contributed by atoms with Crippen LogP contribution in [-0.4, -0.2) is 0 Å². The molecule has 0 spiro atoms. The van der Waals surface area contributed by atoms with Crippen molar-refractivity contribution in [2.75, 3.05) is 5.73 Å². The Morgan fingerprint density at radius 2 is 2.14 bits per heavy atom. The fourth-order valence-electron chi connectivity index (χ4n) is 1.34. The van der Waals surface area contributed by atoms with Gasteiger partial charge in [0, 0.05) is 17.1 Å². The highest BCUT2D eigenvalue weighted by molar-refractivity contribution is 7.07. The van der Waals surface area contributed by atoms with E-state index in [1.165, 1.54) is 5.56 Å². The van der Waals surface area contributed by atoms with Crippen LogP contribution >= 0.6 is 22.9 Å². The third kappa shape index (κ3) is 2.08. The Morgan fingerprint density at radius 1 is 1.29 bits per heavy atom. The smallest absolute Gasteiger partial charge is 0.0426 e. The highest BCUT2D eigenvalue weighted by Crippen LogP contribution is 2.21. The second-order valence-corrected chi connectivity index (χ2v) is 4.37. The summed E-state index contributed by atoms with van der Waals surface area (Å²) < 4.78 is 0. The summed E-state index contributed by atoms with van der Waals surface area (Å²) in [5, 5.41) is 4.90. The number of benzene rings is 1. The lowest BCUT2D eigenvalue weighted by Crippen LogP contribution is -1.94. The van der Waals surface area contributed by atoms with E-state index >= 15 is 0 Å². The Bertz CT molecular complexity index is 423. The fourth-order valence-corrected chi connectivity index (χ4v) is 2.19. The summed E-state index contributed by atoms with van der Waals surface area (Å²) in [6.07, 6.45) is 0.881. The Balaban J connectivity index is 2.25. The number of anilines is 1. The van der Waals surface area contributed by atoms with E-state index in [0.717, 1.165) is 17.7 Å². The molecular weight excluding hydrogens is 214 g/mol. The molecule has 0 unspecified atom stereocenters. The lowest BCUT2D eigenvalue weighted by molar-refractivity contribution is 1.21. The van der Waals surface area contributed by atoms with E-state index in [1.54, 1.807) is 17.4 Å². The molecule has 0 saturated carbocycles.